The van der Waals surface area contributed by atoms with E-state index in [4.69, 9.17) is 5.73 Å². The Kier molecular flexibility index (Phi) is 5.00. The van der Waals surface area contributed by atoms with Crippen molar-refractivity contribution >= 4 is 0 Å². The van der Waals surface area contributed by atoms with Gasteiger partial charge in [0.15, 0.2) is 0 Å². The van der Waals surface area contributed by atoms with Crippen LogP contribution in [0, 0.1) is 5.41 Å². The van der Waals surface area contributed by atoms with E-state index in [1.165, 1.54) is 24.8 Å². The first-order valence-corrected chi connectivity index (χ1v) is 7.59. The molecule has 0 amide bonds. The molecule has 2 nitrogen and oxygen atoms in total. The fourth-order valence-corrected chi connectivity index (χ4v) is 3.21. The smallest absolute Gasteiger partial charge is 0.0236 e. The summed E-state index contributed by atoms with van der Waals surface area (Å²) in [5.74, 6) is 0. The monoisotopic (exact) mass is 260 g/mol. The van der Waals surface area contributed by atoms with E-state index in [0.717, 1.165) is 32.1 Å². The van der Waals surface area contributed by atoms with Crippen LogP contribution in [-0.4, -0.2) is 24.0 Å². The van der Waals surface area contributed by atoms with Crippen LogP contribution in [-0.2, 0) is 6.54 Å². The van der Waals surface area contributed by atoms with Crippen molar-refractivity contribution < 1.29 is 0 Å². The third-order valence-electron chi connectivity index (χ3n) is 4.34. The molecule has 0 aromatic heterocycles. The Morgan fingerprint density at radius 1 is 1.26 bits per heavy atom. The molecule has 1 unspecified atom stereocenters. The highest BCUT2D eigenvalue weighted by Gasteiger charge is 2.33. The first-order chi connectivity index (χ1) is 9.11. The zero-order valence-electron chi connectivity index (χ0n) is 12.4. The molecular weight excluding hydrogens is 232 g/mol. The molecule has 2 N–H and O–H groups in total. The molecular formula is C17H28N2. The Hall–Kier alpha value is -0.860. The summed E-state index contributed by atoms with van der Waals surface area (Å²) >= 11 is 0. The van der Waals surface area contributed by atoms with Crippen molar-refractivity contribution in [2.24, 2.45) is 11.1 Å². The van der Waals surface area contributed by atoms with Crippen LogP contribution in [0.25, 0.3) is 0 Å². The minimum Gasteiger partial charge on any atom is -0.330 e. The van der Waals surface area contributed by atoms with Gasteiger partial charge in [-0.2, -0.15) is 0 Å². The largest absolute Gasteiger partial charge is 0.330 e. The molecule has 0 aliphatic heterocycles. The third-order valence-corrected chi connectivity index (χ3v) is 4.34. The normalized spacial score (nSPS) is 22.0. The molecule has 1 aromatic rings. The third kappa shape index (κ3) is 4.32. The summed E-state index contributed by atoms with van der Waals surface area (Å²) in [5, 5.41) is 0. The van der Waals surface area contributed by atoms with E-state index in [1.807, 2.05) is 0 Å². The lowest BCUT2D eigenvalue weighted by Crippen LogP contribution is -2.35. The lowest BCUT2D eigenvalue weighted by atomic mass is 9.91. The average molecular weight is 260 g/mol. The van der Waals surface area contributed by atoms with Gasteiger partial charge in [-0.3, -0.25) is 4.90 Å². The zero-order chi connectivity index (χ0) is 13.7. The Morgan fingerprint density at radius 2 is 2.00 bits per heavy atom. The predicted octanol–water partition coefficient (Wildman–Crippen LogP) is 3.42. The topological polar surface area (TPSA) is 29.3 Å². The quantitative estimate of drug-likeness (QED) is 0.849. The summed E-state index contributed by atoms with van der Waals surface area (Å²) in [6, 6.07) is 11.6. The number of rotatable bonds is 6. The second-order valence-electron chi connectivity index (χ2n) is 6.66. The van der Waals surface area contributed by atoms with Crippen molar-refractivity contribution in [3.05, 3.63) is 35.9 Å². The SMILES string of the molecule is CC1(C)CCC(N(CCCN)Cc2ccccc2)C1. The van der Waals surface area contributed by atoms with Gasteiger partial charge in [0.05, 0.1) is 0 Å². The maximum atomic E-state index is 5.70. The van der Waals surface area contributed by atoms with Crippen molar-refractivity contribution in [2.45, 2.75) is 52.1 Å². The summed E-state index contributed by atoms with van der Waals surface area (Å²) in [7, 11) is 0. The van der Waals surface area contributed by atoms with Crippen LogP contribution in [0.3, 0.4) is 0 Å². The lowest BCUT2D eigenvalue weighted by Gasteiger charge is -2.30. The summed E-state index contributed by atoms with van der Waals surface area (Å²) in [5.41, 5.74) is 7.63. The first kappa shape index (κ1) is 14.5. The number of nitrogens with zero attached hydrogens (tertiary/aromatic N) is 1. The minimum atomic E-state index is 0.516. The van der Waals surface area contributed by atoms with Gasteiger partial charge in [-0.15, -0.1) is 0 Å². The first-order valence-electron chi connectivity index (χ1n) is 7.59. The summed E-state index contributed by atoms with van der Waals surface area (Å²) in [6.45, 7) is 7.79. The van der Waals surface area contributed by atoms with E-state index in [9.17, 15) is 0 Å². The van der Waals surface area contributed by atoms with E-state index in [0.29, 0.717) is 5.41 Å². The van der Waals surface area contributed by atoms with Gasteiger partial charge in [0, 0.05) is 12.6 Å². The van der Waals surface area contributed by atoms with Crippen LogP contribution < -0.4 is 5.73 Å². The molecule has 1 aliphatic rings. The summed E-state index contributed by atoms with van der Waals surface area (Å²) < 4.78 is 0. The maximum Gasteiger partial charge on any atom is 0.0236 e. The van der Waals surface area contributed by atoms with Gasteiger partial charge in [-0.1, -0.05) is 44.2 Å². The van der Waals surface area contributed by atoms with E-state index in [2.05, 4.69) is 49.1 Å². The van der Waals surface area contributed by atoms with E-state index < -0.39 is 0 Å². The van der Waals surface area contributed by atoms with Crippen LogP contribution in [0.2, 0.25) is 0 Å². The van der Waals surface area contributed by atoms with Crippen molar-refractivity contribution in [3.63, 3.8) is 0 Å². The predicted molar refractivity (Wildman–Crippen MR) is 81.9 cm³/mol. The van der Waals surface area contributed by atoms with E-state index in [1.54, 1.807) is 0 Å². The molecule has 0 radical (unpaired) electrons. The van der Waals surface area contributed by atoms with Gasteiger partial charge in [0.1, 0.15) is 0 Å². The van der Waals surface area contributed by atoms with Gasteiger partial charge in [0.25, 0.3) is 0 Å². The Morgan fingerprint density at radius 3 is 2.58 bits per heavy atom. The van der Waals surface area contributed by atoms with Crippen LogP contribution in [0.15, 0.2) is 30.3 Å². The highest BCUT2D eigenvalue weighted by molar-refractivity contribution is 5.14. The zero-order valence-corrected chi connectivity index (χ0v) is 12.4. The molecule has 1 saturated carbocycles. The Bertz CT molecular complexity index is 372. The molecule has 1 atom stereocenters. The molecule has 2 rings (SSSR count). The standard InChI is InChI=1S/C17H28N2/c1-17(2)10-9-16(13-17)19(12-6-11-18)14-15-7-4-3-5-8-15/h3-5,7-8,16H,6,9-14,18H2,1-2H3. The maximum absolute atomic E-state index is 5.70. The lowest BCUT2D eigenvalue weighted by molar-refractivity contribution is 0.176. The second-order valence-corrected chi connectivity index (χ2v) is 6.66. The summed E-state index contributed by atoms with van der Waals surface area (Å²) in [4.78, 5) is 2.65. The van der Waals surface area contributed by atoms with Crippen molar-refractivity contribution in [1.82, 2.24) is 4.90 Å². The summed E-state index contributed by atoms with van der Waals surface area (Å²) in [6.07, 6.45) is 5.12. The fraction of sp³-hybridized carbons (Fsp3) is 0.647. The van der Waals surface area contributed by atoms with Crippen LogP contribution >= 0.6 is 0 Å². The van der Waals surface area contributed by atoms with Crippen molar-refractivity contribution in [3.8, 4) is 0 Å². The van der Waals surface area contributed by atoms with Crippen molar-refractivity contribution in [1.29, 1.82) is 0 Å². The van der Waals surface area contributed by atoms with E-state index >= 15 is 0 Å². The minimum absolute atomic E-state index is 0.516. The molecule has 2 heteroatoms. The highest BCUT2D eigenvalue weighted by atomic mass is 15.2. The molecule has 0 saturated heterocycles. The number of benzene rings is 1. The Labute approximate surface area is 118 Å². The van der Waals surface area contributed by atoms with Crippen LogP contribution in [0.1, 0.15) is 45.1 Å². The Balaban J connectivity index is 2.00. The molecule has 19 heavy (non-hydrogen) atoms. The second kappa shape index (κ2) is 6.53. The number of hydrogen-bond donors (Lipinski definition) is 1. The molecule has 0 spiro atoms. The van der Waals surface area contributed by atoms with Gasteiger partial charge in [-0.05, 0) is 49.8 Å². The number of hydrogen-bond acceptors (Lipinski definition) is 2. The molecule has 1 fully saturated rings. The highest BCUT2D eigenvalue weighted by Crippen LogP contribution is 2.39. The van der Waals surface area contributed by atoms with E-state index in [-0.39, 0.29) is 0 Å². The van der Waals surface area contributed by atoms with Gasteiger partial charge < -0.3 is 5.73 Å². The molecule has 0 bridgehead atoms. The van der Waals surface area contributed by atoms with Crippen molar-refractivity contribution in [2.75, 3.05) is 13.1 Å². The molecule has 1 aliphatic carbocycles. The van der Waals surface area contributed by atoms with Gasteiger partial charge >= 0.3 is 0 Å². The molecule has 0 heterocycles. The molecule has 1 aromatic carbocycles. The van der Waals surface area contributed by atoms with Gasteiger partial charge in [-0.25, -0.2) is 0 Å². The molecule has 106 valence electrons. The fourth-order valence-electron chi connectivity index (χ4n) is 3.21. The van der Waals surface area contributed by atoms with Gasteiger partial charge in [0.2, 0.25) is 0 Å². The average Bonchev–Trinajstić information content (AvgIpc) is 2.76. The van der Waals surface area contributed by atoms with Crippen LogP contribution in [0.4, 0.5) is 0 Å². The number of nitrogens with two attached hydrogens (primary N) is 1. The van der Waals surface area contributed by atoms with Crippen LogP contribution in [0.5, 0.6) is 0 Å².